The van der Waals surface area contributed by atoms with E-state index in [9.17, 15) is 13.2 Å². The molecule has 0 spiro atoms. The molecule has 8 heteroatoms. The summed E-state index contributed by atoms with van der Waals surface area (Å²) in [4.78, 5) is 11.8. The Morgan fingerprint density at radius 2 is 2.00 bits per heavy atom. The lowest BCUT2D eigenvalue weighted by molar-refractivity contribution is 0.0954. The molecule has 2 rings (SSSR count). The summed E-state index contributed by atoms with van der Waals surface area (Å²) in [7, 11) is -3.23. The molecule has 0 fully saturated rings. The number of fused-ring (bicyclic) bond motifs is 1. The summed E-state index contributed by atoms with van der Waals surface area (Å²) in [6.07, 6.45) is 1.06. The monoisotopic (exact) mass is 286 g/mol. The van der Waals surface area contributed by atoms with Crippen molar-refractivity contribution in [2.75, 3.05) is 26.1 Å². The van der Waals surface area contributed by atoms with Gasteiger partial charge in [0.25, 0.3) is 5.91 Å². The standard InChI is InChI=1S/C11H14N2O5S/c1-19(15,16)13-5-4-12-11(14)8-2-3-9-10(6-8)18-7-17-9/h2-3,6,13H,4-5,7H2,1H3,(H,12,14). The highest BCUT2D eigenvalue weighted by atomic mass is 32.2. The first-order chi connectivity index (χ1) is 8.96. The summed E-state index contributed by atoms with van der Waals surface area (Å²) in [5.74, 6) is 0.839. The minimum Gasteiger partial charge on any atom is -0.454 e. The first kappa shape index (κ1) is 13.6. The van der Waals surface area contributed by atoms with Crippen molar-refractivity contribution in [3.63, 3.8) is 0 Å². The van der Waals surface area contributed by atoms with Gasteiger partial charge in [0.05, 0.1) is 6.26 Å². The number of rotatable bonds is 5. The van der Waals surface area contributed by atoms with Crippen LogP contribution in [0.3, 0.4) is 0 Å². The van der Waals surface area contributed by atoms with Gasteiger partial charge in [-0.2, -0.15) is 0 Å². The zero-order valence-corrected chi connectivity index (χ0v) is 11.1. The number of nitrogens with one attached hydrogen (secondary N) is 2. The average Bonchev–Trinajstić information content (AvgIpc) is 2.80. The molecule has 0 atom stereocenters. The number of carbonyl (C=O) groups excluding carboxylic acids is 1. The largest absolute Gasteiger partial charge is 0.454 e. The highest BCUT2D eigenvalue weighted by Gasteiger charge is 2.15. The second kappa shape index (κ2) is 5.45. The first-order valence-electron chi connectivity index (χ1n) is 5.58. The Morgan fingerprint density at radius 3 is 2.74 bits per heavy atom. The van der Waals surface area contributed by atoms with E-state index >= 15 is 0 Å². The predicted octanol–water partition coefficient (Wildman–Crippen LogP) is -0.306. The minimum atomic E-state index is -3.23. The number of sulfonamides is 1. The van der Waals surface area contributed by atoms with Crippen LogP contribution in [-0.2, 0) is 10.0 Å². The topological polar surface area (TPSA) is 93.7 Å². The molecule has 1 aliphatic heterocycles. The molecule has 0 saturated heterocycles. The Balaban J connectivity index is 1.87. The molecule has 0 radical (unpaired) electrons. The van der Waals surface area contributed by atoms with Crippen LogP contribution in [-0.4, -0.2) is 40.5 Å². The van der Waals surface area contributed by atoms with Crippen molar-refractivity contribution < 1.29 is 22.7 Å². The van der Waals surface area contributed by atoms with Gasteiger partial charge in [-0.05, 0) is 18.2 Å². The number of amides is 1. The summed E-state index contributed by atoms with van der Waals surface area (Å²) in [6.45, 7) is 0.508. The van der Waals surface area contributed by atoms with Gasteiger partial charge in [0.15, 0.2) is 11.5 Å². The van der Waals surface area contributed by atoms with Crippen LogP contribution in [0.25, 0.3) is 0 Å². The van der Waals surface area contributed by atoms with E-state index in [1.54, 1.807) is 18.2 Å². The molecule has 104 valence electrons. The van der Waals surface area contributed by atoms with Crippen molar-refractivity contribution in [2.45, 2.75) is 0 Å². The molecule has 1 aliphatic rings. The quantitative estimate of drug-likeness (QED) is 0.724. The molecule has 19 heavy (non-hydrogen) atoms. The summed E-state index contributed by atoms with van der Waals surface area (Å²) in [5, 5.41) is 2.60. The van der Waals surface area contributed by atoms with Gasteiger partial charge in [-0.1, -0.05) is 0 Å². The summed E-state index contributed by atoms with van der Waals surface area (Å²) >= 11 is 0. The van der Waals surface area contributed by atoms with Crippen LogP contribution in [0.1, 0.15) is 10.4 Å². The first-order valence-corrected chi connectivity index (χ1v) is 7.47. The molecular weight excluding hydrogens is 272 g/mol. The summed E-state index contributed by atoms with van der Waals surface area (Å²) in [6, 6.07) is 4.86. The van der Waals surface area contributed by atoms with E-state index in [1.165, 1.54) is 0 Å². The van der Waals surface area contributed by atoms with E-state index in [4.69, 9.17) is 9.47 Å². The fourth-order valence-electron chi connectivity index (χ4n) is 1.55. The molecule has 0 bridgehead atoms. The predicted molar refractivity (Wildman–Crippen MR) is 67.7 cm³/mol. The van der Waals surface area contributed by atoms with Gasteiger partial charge in [-0.25, -0.2) is 13.1 Å². The van der Waals surface area contributed by atoms with Gasteiger partial charge in [0, 0.05) is 18.7 Å². The van der Waals surface area contributed by atoms with Gasteiger partial charge in [0.1, 0.15) is 0 Å². The number of hydrogen-bond donors (Lipinski definition) is 2. The zero-order chi connectivity index (χ0) is 13.9. The smallest absolute Gasteiger partial charge is 0.251 e. The van der Waals surface area contributed by atoms with E-state index < -0.39 is 10.0 Å². The molecule has 2 N–H and O–H groups in total. The minimum absolute atomic E-state index is 0.148. The Bertz CT molecular complexity index is 585. The van der Waals surface area contributed by atoms with E-state index in [1.807, 2.05) is 0 Å². The van der Waals surface area contributed by atoms with Gasteiger partial charge in [-0.3, -0.25) is 4.79 Å². The van der Waals surface area contributed by atoms with Crippen LogP contribution in [0.5, 0.6) is 11.5 Å². The third-order valence-electron chi connectivity index (χ3n) is 2.41. The highest BCUT2D eigenvalue weighted by molar-refractivity contribution is 7.88. The number of ether oxygens (including phenoxy) is 2. The van der Waals surface area contributed by atoms with Crippen LogP contribution in [0.15, 0.2) is 18.2 Å². The van der Waals surface area contributed by atoms with Crippen molar-refractivity contribution in [2.24, 2.45) is 0 Å². The van der Waals surface area contributed by atoms with Gasteiger partial charge < -0.3 is 14.8 Å². The molecular formula is C11H14N2O5S. The van der Waals surface area contributed by atoms with E-state index in [2.05, 4.69) is 10.0 Å². The molecule has 0 aliphatic carbocycles. The SMILES string of the molecule is CS(=O)(=O)NCCNC(=O)c1ccc2c(c1)OCO2. The normalized spacial score (nSPS) is 13.3. The molecule has 1 aromatic rings. The van der Waals surface area contributed by atoms with Crippen molar-refractivity contribution in [1.29, 1.82) is 0 Å². The Labute approximate surface area is 110 Å². The zero-order valence-electron chi connectivity index (χ0n) is 10.3. The lowest BCUT2D eigenvalue weighted by Gasteiger charge is -2.06. The maximum atomic E-state index is 11.8. The van der Waals surface area contributed by atoms with Crippen molar-refractivity contribution >= 4 is 15.9 Å². The molecule has 0 saturated carbocycles. The Hall–Kier alpha value is -1.80. The maximum absolute atomic E-state index is 11.8. The third kappa shape index (κ3) is 3.83. The average molecular weight is 286 g/mol. The summed E-state index contributed by atoms with van der Waals surface area (Å²) < 4.78 is 34.2. The van der Waals surface area contributed by atoms with Crippen LogP contribution in [0.2, 0.25) is 0 Å². The second-order valence-corrected chi connectivity index (χ2v) is 5.82. The van der Waals surface area contributed by atoms with Crippen molar-refractivity contribution in [1.82, 2.24) is 10.0 Å². The van der Waals surface area contributed by atoms with E-state index in [0.29, 0.717) is 17.1 Å². The van der Waals surface area contributed by atoms with Crippen LogP contribution < -0.4 is 19.5 Å². The van der Waals surface area contributed by atoms with Crippen molar-refractivity contribution in [3.8, 4) is 11.5 Å². The Kier molecular flexibility index (Phi) is 3.91. The molecule has 0 unspecified atom stereocenters. The van der Waals surface area contributed by atoms with E-state index in [-0.39, 0.29) is 25.8 Å². The number of hydrogen-bond acceptors (Lipinski definition) is 5. The molecule has 0 aromatic heterocycles. The highest BCUT2D eigenvalue weighted by Crippen LogP contribution is 2.32. The van der Waals surface area contributed by atoms with Gasteiger partial charge in [0.2, 0.25) is 16.8 Å². The fourth-order valence-corrected chi connectivity index (χ4v) is 2.03. The molecule has 7 nitrogen and oxygen atoms in total. The molecule has 1 aromatic carbocycles. The lowest BCUT2D eigenvalue weighted by atomic mass is 10.2. The van der Waals surface area contributed by atoms with Crippen LogP contribution in [0.4, 0.5) is 0 Å². The van der Waals surface area contributed by atoms with Crippen LogP contribution >= 0.6 is 0 Å². The fraction of sp³-hybridized carbons (Fsp3) is 0.364. The van der Waals surface area contributed by atoms with E-state index in [0.717, 1.165) is 6.26 Å². The molecule has 1 amide bonds. The maximum Gasteiger partial charge on any atom is 0.251 e. The van der Waals surface area contributed by atoms with Crippen molar-refractivity contribution in [3.05, 3.63) is 23.8 Å². The summed E-state index contributed by atoms with van der Waals surface area (Å²) in [5.41, 5.74) is 0.434. The Morgan fingerprint density at radius 1 is 1.26 bits per heavy atom. The van der Waals surface area contributed by atoms with Gasteiger partial charge in [-0.15, -0.1) is 0 Å². The third-order valence-corrected chi connectivity index (χ3v) is 3.14. The molecule has 1 heterocycles. The number of benzene rings is 1. The van der Waals surface area contributed by atoms with Gasteiger partial charge >= 0.3 is 0 Å². The number of carbonyl (C=O) groups is 1. The lowest BCUT2D eigenvalue weighted by Crippen LogP contribution is -2.34. The second-order valence-electron chi connectivity index (χ2n) is 3.99. The van der Waals surface area contributed by atoms with Crippen LogP contribution in [0, 0.1) is 0 Å².